The Hall–Kier alpha value is -1.97. The minimum Gasteiger partial charge on any atom is -0.481 e. The van der Waals surface area contributed by atoms with Crippen molar-refractivity contribution < 1.29 is 22.3 Å². The van der Waals surface area contributed by atoms with Crippen LogP contribution in [0, 0.1) is 5.82 Å². The molecule has 1 heterocycles. The molecule has 1 fully saturated rings. The summed E-state index contributed by atoms with van der Waals surface area (Å²) in [6.45, 7) is 0.610. The van der Waals surface area contributed by atoms with Gasteiger partial charge in [0.25, 0.3) is 5.91 Å². The number of piperidine rings is 1. The number of nitrogens with zero attached hydrogens (tertiary/aromatic N) is 1. The van der Waals surface area contributed by atoms with Gasteiger partial charge >= 0.3 is 0 Å². The summed E-state index contributed by atoms with van der Waals surface area (Å²) in [6, 6.07) is 10.3. The van der Waals surface area contributed by atoms with E-state index in [1.54, 1.807) is 18.2 Å². The van der Waals surface area contributed by atoms with Gasteiger partial charge in [-0.2, -0.15) is 4.31 Å². The van der Waals surface area contributed by atoms with Crippen LogP contribution in [0.1, 0.15) is 19.3 Å². The number of halogens is 2. The maximum Gasteiger partial charge on any atom is 0.262 e. The number of rotatable bonds is 6. The lowest BCUT2D eigenvalue weighted by Crippen LogP contribution is -2.35. The maximum atomic E-state index is 13.7. The van der Waals surface area contributed by atoms with Crippen molar-refractivity contribution >= 4 is 37.5 Å². The Morgan fingerprint density at radius 1 is 1.14 bits per heavy atom. The monoisotopic (exact) mass is 470 g/mol. The van der Waals surface area contributed by atoms with E-state index in [1.165, 1.54) is 28.6 Å². The number of amides is 1. The standard InChI is InChI=1S/C19H20BrFN2O4S/c20-14-7-8-18(17(21)11-14)27-13-19(24)22-15-5-4-6-16(12-15)28(25,26)23-9-2-1-3-10-23/h4-8,11-12H,1-3,9-10,13H2,(H,22,24). The second kappa shape index (κ2) is 9.02. The van der Waals surface area contributed by atoms with Gasteiger partial charge in [-0.1, -0.05) is 28.4 Å². The Kier molecular flexibility index (Phi) is 6.69. The average Bonchev–Trinajstić information content (AvgIpc) is 2.68. The smallest absolute Gasteiger partial charge is 0.262 e. The molecule has 2 aromatic rings. The molecule has 0 spiro atoms. The maximum absolute atomic E-state index is 13.7. The molecule has 0 bridgehead atoms. The Morgan fingerprint density at radius 3 is 2.61 bits per heavy atom. The van der Waals surface area contributed by atoms with Crippen molar-refractivity contribution in [1.82, 2.24) is 4.31 Å². The lowest BCUT2D eigenvalue weighted by Gasteiger charge is -2.26. The minimum atomic E-state index is -3.59. The molecule has 1 N–H and O–H groups in total. The summed E-state index contributed by atoms with van der Waals surface area (Å²) in [5, 5.41) is 2.58. The molecule has 0 radical (unpaired) electrons. The van der Waals surface area contributed by atoms with E-state index >= 15 is 0 Å². The summed E-state index contributed by atoms with van der Waals surface area (Å²) in [6.07, 6.45) is 2.72. The third-order valence-corrected chi connectivity index (χ3v) is 6.71. The minimum absolute atomic E-state index is 0.0419. The molecule has 1 saturated heterocycles. The van der Waals surface area contributed by atoms with Crippen molar-refractivity contribution in [2.45, 2.75) is 24.2 Å². The first-order chi connectivity index (χ1) is 13.4. The van der Waals surface area contributed by atoms with Crippen molar-refractivity contribution in [3.8, 4) is 5.75 Å². The number of ether oxygens (including phenoxy) is 1. The van der Waals surface area contributed by atoms with Crippen molar-refractivity contribution in [2.75, 3.05) is 25.0 Å². The molecular weight excluding hydrogens is 451 g/mol. The van der Waals surface area contributed by atoms with E-state index in [2.05, 4.69) is 21.2 Å². The Labute approximate surface area is 171 Å². The SMILES string of the molecule is O=C(COc1ccc(Br)cc1F)Nc1cccc(S(=O)(=O)N2CCCCC2)c1. The Balaban J connectivity index is 1.64. The lowest BCUT2D eigenvalue weighted by atomic mass is 10.2. The Bertz CT molecular complexity index is 962. The van der Waals surface area contributed by atoms with Gasteiger partial charge in [-0.25, -0.2) is 12.8 Å². The average molecular weight is 471 g/mol. The van der Waals surface area contributed by atoms with E-state index in [4.69, 9.17) is 4.74 Å². The quantitative estimate of drug-likeness (QED) is 0.696. The first-order valence-electron chi connectivity index (χ1n) is 8.84. The zero-order chi connectivity index (χ0) is 20.1. The van der Waals surface area contributed by atoms with Gasteiger partial charge in [-0.05, 0) is 49.2 Å². The fourth-order valence-corrected chi connectivity index (χ4v) is 4.82. The number of carbonyl (C=O) groups is 1. The molecule has 6 nitrogen and oxygen atoms in total. The molecular formula is C19H20BrFN2O4S. The van der Waals surface area contributed by atoms with Crippen LogP contribution in [0.15, 0.2) is 51.8 Å². The summed E-state index contributed by atoms with van der Waals surface area (Å²) in [4.78, 5) is 12.2. The third-order valence-electron chi connectivity index (χ3n) is 4.32. The number of hydrogen-bond donors (Lipinski definition) is 1. The van der Waals surface area contributed by atoms with Crippen LogP contribution >= 0.6 is 15.9 Å². The van der Waals surface area contributed by atoms with Crippen LogP contribution in [0.3, 0.4) is 0 Å². The topological polar surface area (TPSA) is 75.7 Å². The third kappa shape index (κ3) is 5.09. The van der Waals surface area contributed by atoms with E-state index in [0.29, 0.717) is 23.2 Å². The molecule has 1 aliphatic heterocycles. The van der Waals surface area contributed by atoms with Crippen LogP contribution < -0.4 is 10.1 Å². The fourth-order valence-electron chi connectivity index (χ4n) is 2.92. The molecule has 150 valence electrons. The Morgan fingerprint density at radius 2 is 1.89 bits per heavy atom. The zero-order valence-electron chi connectivity index (χ0n) is 15.0. The number of nitrogens with one attached hydrogen (secondary N) is 1. The van der Waals surface area contributed by atoms with Crippen LogP contribution in [0.25, 0.3) is 0 Å². The second-order valence-corrected chi connectivity index (χ2v) is 9.26. The highest BCUT2D eigenvalue weighted by Crippen LogP contribution is 2.23. The highest BCUT2D eigenvalue weighted by molar-refractivity contribution is 9.10. The van der Waals surface area contributed by atoms with Crippen molar-refractivity contribution in [3.63, 3.8) is 0 Å². The van der Waals surface area contributed by atoms with Crippen molar-refractivity contribution in [3.05, 3.63) is 52.8 Å². The van der Waals surface area contributed by atoms with Crippen LogP contribution in [0.4, 0.5) is 10.1 Å². The normalized spacial score (nSPS) is 15.2. The lowest BCUT2D eigenvalue weighted by molar-refractivity contribution is -0.118. The number of hydrogen-bond acceptors (Lipinski definition) is 4. The molecule has 0 aromatic heterocycles. The first kappa shape index (κ1) is 20.8. The van der Waals surface area contributed by atoms with E-state index in [1.807, 2.05) is 0 Å². The number of carbonyl (C=O) groups excluding carboxylic acids is 1. The van der Waals surface area contributed by atoms with Gasteiger partial charge in [-0.3, -0.25) is 4.79 Å². The fraction of sp³-hybridized carbons (Fsp3) is 0.316. The second-order valence-electron chi connectivity index (χ2n) is 6.40. The number of benzene rings is 2. The van der Waals surface area contributed by atoms with Gasteiger partial charge in [0.2, 0.25) is 10.0 Å². The molecule has 0 atom stereocenters. The molecule has 9 heteroatoms. The van der Waals surface area contributed by atoms with Crippen molar-refractivity contribution in [1.29, 1.82) is 0 Å². The molecule has 0 aliphatic carbocycles. The van der Waals surface area contributed by atoms with Crippen LogP contribution in [0.2, 0.25) is 0 Å². The van der Waals surface area contributed by atoms with Crippen LogP contribution in [-0.2, 0) is 14.8 Å². The first-order valence-corrected chi connectivity index (χ1v) is 11.1. The molecule has 2 aromatic carbocycles. The predicted octanol–water partition coefficient (Wildman–Crippen LogP) is 3.78. The van der Waals surface area contributed by atoms with Gasteiger partial charge < -0.3 is 10.1 Å². The van der Waals surface area contributed by atoms with Crippen LogP contribution in [0.5, 0.6) is 5.75 Å². The van der Waals surface area contributed by atoms with E-state index in [9.17, 15) is 17.6 Å². The summed E-state index contributed by atoms with van der Waals surface area (Å²) in [5.41, 5.74) is 0.336. The summed E-state index contributed by atoms with van der Waals surface area (Å²) < 4.78 is 46.4. The summed E-state index contributed by atoms with van der Waals surface area (Å²) >= 11 is 3.14. The van der Waals surface area contributed by atoms with Crippen molar-refractivity contribution in [2.24, 2.45) is 0 Å². The van der Waals surface area contributed by atoms with E-state index in [-0.39, 0.29) is 10.6 Å². The summed E-state index contributed by atoms with van der Waals surface area (Å²) in [5.74, 6) is -1.15. The van der Waals surface area contributed by atoms with E-state index in [0.717, 1.165) is 19.3 Å². The van der Waals surface area contributed by atoms with Gasteiger partial charge in [0.1, 0.15) is 0 Å². The van der Waals surface area contributed by atoms with E-state index < -0.39 is 28.4 Å². The highest BCUT2D eigenvalue weighted by Gasteiger charge is 2.26. The zero-order valence-corrected chi connectivity index (χ0v) is 17.4. The molecule has 0 saturated carbocycles. The largest absolute Gasteiger partial charge is 0.481 e. The van der Waals surface area contributed by atoms with Gasteiger partial charge in [0.05, 0.1) is 4.90 Å². The van der Waals surface area contributed by atoms with Gasteiger partial charge in [0, 0.05) is 23.2 Å². The molecule has 28 heavy (non-hydrogen) atoms. The number of anilines is 1. The number of sulfonamides is 1. The molecule has 1 aliphatic rings. The van der Waals surface area contributed by atoms with Gasteiger partial charge in [0.15, 0.2) is 18.2 Å². The summed E-state index contributed by atoms with van der Waals surface area (Å²) in [7, 11) is -3.59. The molecule has 1 amide bonds. The predicted molar refractivity (Wildman–Crippen MR) is 107 cm³/mol. The van der Waals surface area contributed by atoms with Crippen LogP contribution in [-0.4, -0.2) is 38.3 Å². The van der Waals surface area contributed by atoms with Gasteiger partial charge in [-0.15, -0.1) is 0 Å². The highest BCUT2D eigenvalue weighted by atomic mass is 79.9. The molecule has 3 rings (SSSR count). The molecule has 0 unspecified atom stereocenters.